The number of furan rings is 2. The highest BCUT2D eigenvalue weighted by Gasteiger charge is 2.20. The Hall–Kier alpha value is -7.14. The van der Waals surface area contributed by atoms with Crippen LogP contribution in [0.3, 0.4) is 0 Å². The summed E-state index contributed by atoms with van der Waals surface area (Å²) >= 11 is 1.85. The summed E-state index contributed by atoms with van der Waals surface area (Å²) in [6, 6.07) is 67.1. The third kappa shape index (κ3) is 4.70. The number of fused-ring (bicyclic) bond motifs is 11. The molecule has 12 rings (SSSR count). The van der Waals surface area contributed by atoms with E-state index in [4.69, 9.17) is 8.83 Å². The van der Waals surface area contributed by atoms with Gasteiger partial charge in [0.25, 0.3) is 0 Å². The fraction of sp³-hybridized carbons (Fsp3) is 0. The SMILES string of the molecule is c1ccc2c(c1)ccc1oc3c(-c4ccc(N(c5ccc(-c6cccc7c6oc6ccccc67)cc5)c5cccc6c5sc5ccccc56)cc4)cccc3c12. The lowest BCUT2D eigenvalue weighted by Gasteiger charge is -2.26. The minimum absolute atomic E-state index is 0.905. The molecule has 3 heterocycles. The summed E-state index contributed by atoms with van der Waals surface area (Å²) in [5.41, 5.74) is 11.3. The van der Waals surface area contributed by atoms with Crippen LogP contribution >= 0.6 is 11.3 Å². The van der Waals surface area contributed by atoms with Crippen molar-refractivity contribution < 1.29 is 8.83 Å². The summed E-state index contributed by atoms with van der Waals surface area (Å²) in [4.78, 5) is 2.39. The zero-order chi connectivity index (χ0) is 36.7. The molecule has 4 heteroatoms. The fourth-order valence-electron chi connectivity index (χ4n) is 8.69. The Morgan fingerprint density at radius 2 is 0.946 bits per heavy atom. The van der Waals surface area contributed by atoms with Crippen molar-refractivity contribution in [1.82, 2.24) is 0 Å². The van der Waals surface area contributed by atoms with Crippen molar-refractivity contribution >= 4 is 103 Å². The Labute approximate surface area is 325 Å². The van der Waals surface area contributed by atoms with Crippen LogP contribution in [0.15, 0.2) is 197 Å². The van der Waals surface area contributed by atoms with Crippen molar-refractivity contribution in [3.8, 4) is 22.3 Å². The first-order valence-corrected chi connectivity index (χ1v) is 19.7. The molecule has 0 aliphatic carbocycles. The van der Waals surface area contributed by atoms with Gasteiger partial charge in [-0.1, -0.05) is 140 Å². The molecule has 3 nitrogen and oxygen atoms in total. The lowest BCUT2D eigenvalue weighted by atomic mass is 9.99. The molecular formula is C52H31NO2S. The first-order chi connectivity index (χ1) is 27.8. The molecule has 0 spiro atoms. The normalized spacial score (nSPS) is 11.9. The molecule has 9 aromatic carbocycles. The molecule has 0 N–H and O–H groups in total. The number of rotatable bonds is 5. The van der Waals surface area contributed by atoms with Crippen LogP contribution in [0.5, 0.6) is 0 Å². The molecule has 262 valence electrons. The van der Waals surface area contributed by atoms with E-state index in [1.807, 2.05) is 23.5 Å². The van der Waals surface area contributed by atoms with Gasteiger partial charge in [0, 0.05) is 59.5 Å². The van der Waals surface area contributed by atoms with Crippen LogP contribution in [0.2, 0.25) is 0 Å². The lowest BCUT2D eigenvalue weighted by molar-refractivity contribution is 0.670. The standard InChI is InChI=1S/C52H31NO2S/c1-2-11-37-32(10-1)26-31-47-49(37)44-18-8-15-39(51(44)55-47)34-24-29-36(30-25-34)53(45-19-9-17-43-41-13-4-6-21-48(41)56-52(43)45)35-27-22-33(23-28-35)38-14-7-16-42-40-12-3-5-20-46(40)54-50(38)42/h1-31H. The highest BCUT2D eigenvalue weighted by atomic mass is 32.1. The summed E-state index contributed by atoms with van der Waals surface area (Å²) < 4.78 is 15.6. The predicted octanol–water partition coefficient (Wildman–Crippen LogP) is 15.8. The largest absolute Gasteiger partial charge is 0.455 e. The fourth-order valence-corrected chi connectivity index (χ4v) is 9.89. The summed E-state index contributed by atoms with van der Waals surface area (Å²) in [6.45, 7) is 0. The van der Waals surface area contributed by atoms with Crippen LogP contribution in [0.1, 0.15) is 0 Å². The van der Waals surface area contributed by atoms with E-state index >= 15 is 0 Å². The van der Waals surface area contributed by atoms with Crippen molar-refractivity contribution in [2.24, 2.45) is 0 Å². The molecule has 0 aliphatic heterocycles. The smallest absolute Gasteiger partial charge is 0.143 e. The zero-order valence-corrected chi connectivity index (χ0v) is 30.9. The molecule has 0 amide bonds. The molecule has 0 bridgehead atoms. The molecule has 12 aromatic rings. The Bertz CT molecular complexity index is 3480. The first kappa shape index (κ1) is 31.2. The summed E-state index contributed by atoms with van der Waals surface area (Å²) in [5, 5.41) is 9.54. The van der Waals surface area contributed by atoms with Crippen LogP contribution in [0, 0.1) is 0 Å². The number of anilines is 3. The average Bonchev–Trinajstić information content (AvgIpc) is 3.96. The number of hydrogen-bond donors (Lipinski definition) is 0. The monoisotopic (exact) mass is 733 g/mol. The Morgan fingerprint density at radius 1 is 0.375 bits per heavy atom. The molecule has 0 fully saturated rings. The van der Waals surface area contributed by atoms with Crippen molar-refractivity contribution in [3.05, 3.63) is 188 Å². The minimum atomic E-state index is 0.905. The number of nitrogens with zero attached hydrogens (tertiary/aromatic N) is 1. The Kier molecular flexibility index (Phi) is 6.80. The maximum atomic E-state index is 6.62. The molecule has 0 radical (unpaired) electrons. The van der Waals surface area contributed by atoms with Crippen molar-refractivity contribution in [2.75, 3.05) is 4.90 Å². The highest BCUT2D eigenvalue weighted by Crippen LogP contribution is 2.46. The zero-order valence-electron chi connectivity index (χ0n) is 30.1. The van der Waals surface area contributed by atoms with Crippen LogP contribution in [0.4, 0.5) is 17.1 Å². The van der Waals surface area contributed by atoms with Crippen molar-refractivity contribution in [2.45, 2.75) is 0 Å². The molecule has 0 atom stereocenters. The van der Waals surface area contributed by atoms with Crippen LogP contribution in [-0.2, 0) is 0 Å². The van der Waals surface area contributed by atoms with Crippen LogP contribution in [0.25, 0.3) is 97.1 Å². The molecule has 0 unspecified atom stereocenters. The van der Waals surface area contributed by atoms with Gasteiger partial charge >= 0.3 is 0 Å². The quantitative estimate of drug-likeness (QED) is 0.176. The van der Waals surface area contributed by atoms with Crippen LogP contribution < -0.4 is 4.90 Å². The average molecular weight is 734 g/mol. The second-order valence-corrected chi connectivity index (χ2v) is 15.5. The lowest BCUT2D eigenvalue weighted by Crippen LogP contribution is -2.10. The van der Waals surface area contributed by atoms with Gasteiger partial charge < -0.3 is 13.7 Å². The van der Waals surface area contributed by atoms with E-state index in [1.54, 1.807) is 0 Å². The molecular weight excluding hydrogens is 703 g/mol. The molecule has 0 saturated heterocycles. The minimum Gasteiger partial charge on any atom is -0.455 e. The van der Waals surface area contributed by atoms with Gasteiger partial charge in [-0.25, -0.2) is 0 Å². The molecule has 0 saturated carbocycles. The second-order valence-electron chi connectivity index (χ2n) is 14.4. The molecule has 0 aliphatic rings. The van der Waals surface area contributed by atoms with Gasteiger partial charge in [-0.15, -0.1) is 11.3 Å². The van der Waals surface area contributed by atoms with E-state index in [9.17, 15) is 0 Å². The van der Waals surface area contributed by atoms with Gasteiger partial charge in [-0.05, 0) is 70.4 Å². The summed E-state index contributed by atoms with van der Waals surface area (Å²) in [7, 11) is 0. The van der Waals surface area contributed by atoms with Crippen molar-refractivity contribution in [3.63, 3.8) is 0 Å². The van der Waals surface area contributed by atoms with Gasteiger partial charge in [0.1, 0.15) is 22.3 Å². The van der Waals surface area contributed by atoms with E-state index in [0.717, 1.165) is 77.8 Å². The van der Waals surface area contributed by atoms with E-state index < -0.39 is 0 Å². The van der Waals surface area contributed by atoms with Gasteiger partial charge in [0.15, 0.2) is 0 Å². The Morgan fingerprint density at radius 3 is 1.71 bits per heavy atom. The number of thiophene rings is 1. The van der Waals surface area contributed by atoms with E-state index in [1.165, 1.54) is 36.3 Å². The third-order valence-corrected chi connectivity index (χ3v) is 12.5. The molecule has 56 heavy (non-hydrogen) atoms. The van der Waals surface area contributed by atoms with Gasteiger partial charge in [-0.2, -0.15) is 0 Å². The van der Waals surface area contributed by atoms with Crippen LogP contribution in [-0.4, -0.2) is 0 Å². The summed E-state index contributed by atoms with van der Waals surface area (Å²) in [6.07, 6.45) is 0. The third-order valence-electron chi connectivity index (χ3n) is 11.3. The summed E-state index contributed by atoms with van der Waals surface area (Å²) in [5.74, 6) is 0. The Balaban J connectivity index is 1.00. The van der Waals surface area contributed by atoms with Gasteiger partial charge in [-0.3, -0.25) is 0 Å². The maximum Gasteiger partial charge on any atom is 0.143 e. The topological polar surface area (TPSA) is 29.5 Å². The predicted molar refractivity (Wildman–Crippen MR) is 237 cm³/mol. The van der Waals surface area contributed by atoms with E-state index in [-0.39, 0.29) is 0 Å². The van der Waals surface area contributed by atoms with E-state index in [2.05, 4.69) is 181 Å². The maximum absolute atomic E-state index is 6.62. The van der Waals surface area contributed by atoms with Gasteiger partial charge in [0.2, 0.25) is 0 Å². The van der Waals surface area contributed by atoms with Crippen molar-refractivity contribution in [1.29, 1.82) is 0 Å². The number of benzene rings is 9. The number of para-hydroxylation sites is 3. The first-order valence-electron chi connectivity index (χ1n) is 18.9. The van der Waals surface area contributed by atoms with E-state index in [0.29, 0.717) is 0 Å². The number of hydrogen-bond acceptors (Lipinski definition) is 4. The van der Waals surface area contributed by atoms with Gasteiger partial charge in [0.05, 0.1) is 10.4 Å². The second kappa shape index (κ2) is 12.2. The highest BCUT2D eigenvalue weighted by molar-refractivity contribution is 7.26. The molecule has 3 aromatic heterocycles.